The standard InChI is InChI=1S/C13H13N3O3S/c1-13(2,12(18)19)8-3-5-9(6-4-8)15-11(17)10-7-14-20-16-10/h3-7H,1-2H3,(H,15,17)(H,18,19). The van der Waals surface area contributed by atoms with Gasteiger partial charge >= 0.3 is 5.97 Å². The van der Waals surface area contributed by atoms with Crippen LogP contribution in [0, 0.1) is 0 Å². The van der Waals surface area contributed by atoms with Crippen LogP contribution in [-0.2, 0) is 10.2 Å². The van der Waals surface area contributed by atoms with E-state index in [-0.39, 0.29) is 11.6 Å². The Morgan fingerprint density at radius 3 is 2.40 bits per heavy atom. The molecule has 0 bridgehead atoms. The van der Waals surface area contributed by atoms with Crippen LogP contribution in [0.25, 0.3) is 0 Å². The lowest BCUT2D eigenvalue weighted by molar-refractivity contribution is -0.142. The molecular formula is C13H13N3O3S. The van der Waals surface area contributed by atoms with E-state index < -0.39 is 11.4 Å². The Morgan fingerprint density at radius 1 is 1.25 bits per heavy atom. The molecule has 0 saturated heterocycles. The van der Waals surface area contributed by atoms with Crippen molar-refractivity contribution in [2.75, 3.05) is 5.32 Å². The molecule has 2 N–H and O–H groups in total. The van der Waals surface area contributed by atoms with Gasteiger partial charge in [0, 0.05) is 5.69 Å². The van der Waals surface area contributed by atoms with Gasteiger partial charge in [-0.15, -0.1) is 0 Å². The van der Waals surface area contributed by atoms with E-state index in [0.29, 0.717) is 11.3 Å². The molecule has 20 heavy (non-hydrogen) atoms. The zero-order valence-electron chi connectivity index (χ0n) is 11.0. The second-order valence-corrected chi connectivity index (χ2v) is 5.31. The number of carboxylic acid groups (broad SMARTS) is 1. The molecule has 1 amide bonds. The highest BCUT2D eigenvalue weighted by molar-refractivity contribution is 6.99. The number of aromatic nitrogens is 2. The summed E-state index contributed by atoms with van der Waals surface area (Å²) in [5.74, 6) is -1.24. The van der Waals surface area contributed by atoms with Crippen molar-refractivity contribution in [1.82, 2.24) is 8.75 Å². The van der Waals surface area contributed by atoms with Crippen molar-refractivity contribution in [3.8, 4) is 0 Å². The minimum atomic E-state index is -0.971. The minimum Gasteiger partial charge on any atom is -0.481 e. The van der Waals surface area contributed by atoms with E-state index in [9.17, 15) is 9.59 Å². The van der Waals surface area contributed by atoms with Gasteiger partial charge in [0.2, 0.25) is 0 Å². The van der Waals surface area contributed by atoms with E-state index in [1.54, 1.807) is 38.1 Å². The van der Waals surface area contributed by atoms with Gasteiger partial charge in [-0.1, -0.05) is 12.1 Å². The van der Waals surface area contributed by atoms with Gasteiger partial charge in [0.25, 0.3) is 5.91 Å². The van der Waals surface area contributed by atoms with Gasteiger partial charge in [0.15, 0.2) is 5.69 Å². The fraction of sp³-hybridized carbons (Fsp3) is 0.231. The summed E-state index contributed by atoms with van der Waals surface area (Å²) in [5, 5.41) is 11.8. The number of benzene rings is 1. The van der Waals surface area contributed by atoms with Crippen LogP contribution >= 0.6 is 11.7 Å². The molecule has 0 fully saturated rings. The van der Waals surface area contributed by atoms with Crippen LogP contribution in [0.5, 0.6) is 0 Å². The number of hydrogen-bond donors (Lipinski definition) is 2. The number of nitrogens with zero attached hydrogens (tertiary/aromatic N) is 2. The Hall–Kier alpha value is -2.28. The summed E-state index contributed by atoms with van der Waals surface area (Å²) in [7, 11) is 0. The van der Waals surface area contributed by atoms with Crippen molar-refractivity contribution in [1.29, 1.82) is 0 Å². The zero-order chi connectivity index (χ0) is 14.8. The molecule has 0 unspecified atom stereocenters. The topological polar surface area (TPSA) is 92.2 Å². The summed E-state index contributed by atoms with van der Waals surface area (Å²) < 4.78 is 7.59. The number of rotatable bonds is 4. The van der Waals surface area contributed by atoms with E-state index in [4.69, 9.17) is 5.11 Å². The maximum Gasteiger partial charge on any atom is 0.313 e. The first-order valence-corrected chi connectivity index (χ1v) is 6.57. The number of nitrogens with one attached hydrogen (secondary N) is 1. The number of carbonyl (C=O) groups is 2. The lowest BCUT2D eigenvalue weighted by Crippen LogP contribution is -2.28. The van der Waals surface area contributed by atoms with Gasteiger partial charge in [0.1, 0.15) is 0 Å². The minimum absolute atomic E-state index is 0.255. The fourth-order valence-corrected chi connectivity index (χ4v) is 1.97. The summed E-state index contributed by atoms with van der Waals surface area (Å²) in [6.45, 7) is 3.26. The molecule has 6 nitrogen and oxygen atoms in total. The van der Waals surface area contributed by atoms with Crippen molar-refractivity contribution in [2.45, 2.75) is 19.3 Å². The van der Waals surface area contributed by atoms with E-state index in [1.165, 1.54) is 6.20 Å². The monoisotopic (exact) mass is 291 g/mol. The highest BCUT2D eigenvalue weighted by atomic mass is 32.1. The van der Waals surface area contributed by atoms with Crippen LogP contribution in [0.3, 0.4) is 0 Å². The smallest absolute Gasteiger partial charge is 0.313 e. The Kier molecular flexibility index (Phi) is 3.80. The first kappa shape index (κ1) is 14.1. The van der Waals surface area contributed by atoms with Gasteiger partial charge in [-0.3, -0.25) is 9.59 Å². The molecule has 2 rings (SSSR count). The van der Waals surface area contributed by atoms with E-state index >= 15 is 0 Å². The molecular weight excluding hydrogens is 278 g/mol. The van der Waals surface area contributed by atoms with E-state index in [2.05, 4.69) is 14.1 Å². The van der Waals surface area contributed by atoms with Gasteiger partial charge in [-0.05, 0) is 31.5 Å². The van der Waals surface area contributed by atoms with E-state index in [0.717, 1.165) is 11.7 Å². The number of anilines is 1. The molecule has 0 spiro atoms. The highest BCUT2D eigenvalue weighted by Crippen LogP contribution is 2.24. The third kappa shape index (κ3) is 2.83. The first-order chi connectivity index (χ1) is 9.41. The Morgan fingerprint density at radius 2 is 1.90 bits per heavy atom. The summed E-state index contributed by atoms with van der Waals surface area (Å²) in [5.41, 5.74) is 0.526. The average Bonchev–Trinajstić information content (AvgIpc) is 2.93. The molecule has 1 aromatic carbocycles. The van der Waals surface area contributed by atoms with E-state index in [1.807, 2.05) is 0 Å². The van der Waals surface area contributed by atoms with Gasteiger partial charge in [-0.25, -0.2) is 0 Å². The van der Waals surface area contributed by atoms with Gasteiger partial charge < -0.3 is 10.4 Å². The van der Waals surface area contributed by atoms with Crippen LogP contribution < -0.4 is 5.32 Å². The van der Waals surface area contributed by atoms with Crippen LogP contribution in [0.15, 0.2) is 30.5 Å². The highest BCUT2D eigenvalue weighted by Gasteiger charge is 2.29. The number of amides is 1. The molecule has 0 aliphatic carbocycles. The molecule has 0 saturated carbocycles. The second-order valence-electron chi connectivity index (χ2n) is 4.75. The van der Waals surface area contributed by atoms with Crippen molar-refractivity contribution in [2.24, 2.45) is 0 Å². The van der Waals surface area contributed by atoms with Crippen LogP contribution in [-0.4, -0.2) is 25.7 Å². The quantitative estimate of drug-likeness (QED) is 0.900. The Labute approximate surface area is 119 Å². The molecule has 0 aliphatic rings. The van der Waals surface area contributed by atoms with Crippen molar-refractivity contribution >= 4 is 29.3 Å². The molecule has 1 aromatic heterocycles. The van der Waals surface area contributed by atoms with Crippen molar-refractivity contribution in [3.63, 3.8) is 0 Å². The number of carboxylic acids is 1. The molecule has 0 radical (unpaired) electrons. The number of aliphatic carboxylic acids is 1. The van der Waals surface area contributed by atoms with Crippen LogP contribution in [0.1, 0.15) is 29.9 Å². The summed E-state index contributed by atoms with van der Waals surface area (Å²) in [6, 6.07) is 6.70. The Balaban J connectivity index is 2.13. The third-order valence-corrected chi connectivity index (χ3v) is 3.47. The third-order valence-electron chi connectivity index (χ3n) is 2.99. The average molecular weight is 291 g/mol. The fourth-order valence-electron chi connectivity index (χ4n) is 1.55. The lowest BCUT2D eigenvalue weighted by Gasteiger charge is -2.19. The molecule has 104 valence electrons. The summed E-state index contributed by atoms with van der Waals surface area (Å²) >= 11 is 0.961. The second kappa shape index (κ2) is 5.38. The number of carbonyl (C=O) groups excluding carboxylic acids is 1. The largest absolute Gasteiger partial charge is 0.481 e. The molecule has 0 atom stereocenters. The molecule has 7 heteroatoms. The summed E-state index contributed by atoms with van der Waals surface area (Å²) in [4.78, 5) is 22.9. The van der Waals surface area contributed by atoms with Crippen molar-refractivity contribution < 1.29 is 14.7 Å². The van der Waals surface area contributed by atoms with Crippen LogP contribution in [0.2, 0.25) is 0 Å². The zero-order valence-corrected chi connectivity index (χ0v) is 11.8. The SMILES string of the molecule is CC(C)(C(=O)O)c1ccc(NC(=O)c2cnsn2)cc1. The molecule has 1 heterocycles. The lowest BCUT2D eigenvalue weighted by atomic mass is 9.85. The predicted molar refractivity (Wildman–Crippen MR) is 75.0 cm³/mol. The van der Waals surface area contributed by atoms with Gasteiger partial charge in [-0.2, -0.15) is 8.75 Å². The van der Waals surface area contributed by atoms with Crippen molar-refractivity contribution in [3.05, 3.63) is 41.7 Å². The summed E-state index contributed by atoms with van der Waals surface area (Å²) in [6.07, 6.45) is 1.39. The first-order valence-electron chi connectivity index (χ1n) is 5.84. The maximum absolute atomic E-state index is 11.8. The normalized spacial score (nSPS) is 11.1. The maximum atomic E-state index is 11.8. The predicted octanol–water partition coefficient (Wildman–Crippen LogP) is 2.15. The van der Waals surface area contributed by atoms with Gasteiger partial charge in [0.05, 0.1) is 23.3 Å². The molecule has 2 aromatic rings. The van der Waals surface area contributed by atoms with Crippen LogP contribution in [0.4, 0.5) is 5.69 Å². The Bertz CT molecular complexity index is 621. The number of hydrogen-bond acceptors (Lipinski definition) is 5. The molecule has 0 aliphatic heterocycles.